The summed E-state index contributed by atoms with van der Waals surface area (Å²) < 4.78 is 1.91. The third kappa shape index (κ3) is 5.70. The zero-order chi connectivity index (χ0) is 21.5. The molecule has 2 aromatic carbocycles. The Hall–Kier alpha value is -1.73. The Labute approximate surface area is 195 Å². The first-order valence-electron chi connectivity index (χ1n) is 9.56. The van der Waals surface area contributed by atoms with Crippen LogP contribution in [0.4, 0.5) is 0 Å². The van der Waals surface area contributed by atoms with Crippen LogP contribution < -0.4 is 5.32 Å². The molecule has 0 saturated heterocycles. The van der Waals surface area contributed by atoms with Crippen LogP contribution in [0.1, 0.15) is 26.2 Å². The molecule has 0 fully saturated rings. The van der Waals surface area contributed by atoms with E-state index < -0.39 is 0 Å². The van der Waals surface area contributed by atoms with E-state index in [1.54, 1.807) is 12.1 Å². The molecule has 9 heteroatoms. The quantitative estimate of drug-likeness (QED) is 0.287. The molecule has 0 spiro atoms. The summed E-state index contributed by atoms with van der Waals surface area (Å²) in [5.41, 5.74) is 1.55. The minimum atomic E-state index is 0.0696. The molecule has 0 radical (unpaired) electrons. The maximum absolute atomic E-state index is 11.8. The zero-order valence-corrected chi connectivity index (χ0v) is 19.5. The monoisotopic (exact) mass is 482 g/mol. The highest BCUT2D eigenvalue weighted by Crippen LogP contribution is 2.34. The second kappa shape index (κ2) is 11.0. The van der Waals surface area contributed by atoms with Gasteiger partial charge in [0.25, 0.3) is 0 Å². The lowest BCUT2D eigenvalue weighted by atomic mass is 10.2. The van der Waals surface area contributed by atoms with E-state index in [1.807, 2.05) is 41.8 Å². The number of nitrogens with zero attached hydrogens (tertiary/aromatic N) is 3. The van der Waals surface area contributed by atoms with Crippen molar-refractivity contribution in [2.24, 2.45) is 0 Å². The Bertz CT molecular complexity index is 1030. The first kappa shape index (κ1) is 22.9. The summed E-state index contributed by atoms with van der Waals surface area (Å²) in [6.07, 6.45) is 2.14. The van der Waals surface area contributed by atoms with Gasteiger partial charge in [0.2, 0.25) is 5.91 Å². The molecular weight excluding hydrogens is 463 g/mol. The van der Waals surface area contributed by atoms with Crippen molar-refractivity contribution in [2.75, 3.05) is 12.3 Å². The number of aromatic nitrogens is 3. The van der Waals surface area contributed by atoms with Crippen LogP contribution in [0.25, 0.3) is 17.1 Å². The van der Waals surface area contributed by atoms with Crippen molar-refractivity contribution < 1.29 is 4.79 Å². The fourth-order valence-electron chi connectivity index (χ4n) is 2.79. The predicted molar refractivity (Wildman–Crippen MR) is 125 cm³/mol. The first-order chi connectivity index (χ1) is 14.5. The molecule has 0 unspecified atom stereocenters. The van der Waals surface area contributed by atoms with Crippen LogP contribution in [-0.2, 0) is 4.79 Å². The van der Waals surface area contributed by atoms with Crippen molar-refractivity contribution in [1.29, 1.82) is 0 Å². The van der Waals surface area contributed by atoms with Gasteiger partial charge in [-0.1, -0.05) is 65.6 Å². The van der Waals surface area contributed by atoms with Crippen LogP contribution in [0.15, 0.2) is 47.6 Å². The molecule has 1 heterocycles. The van der Waals surface area contributed by atoms with E-state index in [-0.39, 0.29) is 5.91 Å². The van der Waals surface area contributed by atoms with Crippen molar-refractivity contribution in [2.45, 2.75) is 31.3 Å². The number of carbonyl (C=O) groups is 1. The largest absolute Gasteiger partial charge is 0.356 e. The molecule has 30 heavy (non-hydrogen) atoms. The summed E-state index contributed by atoms with van der Waals surface area (Å²) in [6, 6.07) is 12.8. The van der Waals surface area contributed by atoms with Gasteiger partial charge in [0, 0.05) is 24.3 Å². The average molecular weight is 484 g/mol. The van der Waals surface area contributed by atoms with Crippen LogP contribution >= 0.6 is 46.6 Å². The normalized spacial score (nSPS) is 10.9. The van der Waals surface area contributed by atoms with Gasteiger partial charge in [-0.05, 0) is 43.2 Å². The summed E-state index contributed by atoms with van der Waals surface area (Å²) in [5, 5.41) is 13.8. The van der Waals surface area contributed by atoms with E-state index in [4.69, 9.17) is 34.8 Å². The Kier molecular flexibility index (Phi) is 8.45. The van der Waals surface area contributed by atoms with E-state index in [9.17, 15) is 4.79 Å². The Balaban J connectivity index is 1.85. The minimum Gasteiger partial charge on any atom is -0.356 e. The molecule has 1 amide bonds. The van der Waals surface area contributed by atoms with E-state index >= 15 is 0 Å². The molecule has 3 rings (SSSR count). The van der Waals surface area contributed by atoms with Crippen molar-refractivity contribution in [3.63, 3.8) is 0 Å². The van der Waals surface area contributed by atoms with Gasteiger partial charge in [-0.15, -0.1) is 10.2 Å². The molecule has 0 atom stereocenters. The fraction of sp³-hybridized carbons (Fsp3) is 0.286. The van der Waals surface area contributed by atoms with Gasteiger partial charge < -0.3 is 5.32 Å². The highest BCUT2D eigenvalue weighted by Gasteiger charge is 2.18. The van der Waals surface area contributed by atoms with E-state index in [1.165, 1.54) is 11.8 Å². The van der Waals surface area contributed by atoms with E-state index in [2.05, 4.69) is 15.5 Å². The van der Waals surface area contributed by atoms with Gasteiger partial charge in [-0.3, -0.25) is 9.36 Å². The predicted octanol–water partition coefficient (Wildman–Crippen LogP) is 6.29. The van der Waals surface area contributed by atoms with Crippen LogP contribution in [0.2, 0.25) is 15.1 Å². The van der Waals surface area contributed by atoms with Crippen LogP contribution in [0.5, 0.6) is 0 Å². The summed E-state index contributed by atoms with van der Waals surface area (Å²) >= 11 is 20.3. The number of halogens is 3. The number of benzene rings is 2. The third-order valence-corrected chi connectivity index (χ3v) is 6.34. The fourth-order valence-corrected chi connectivity index (χ4v) is 4.19. The summed E-state index contributed by atoms with van der Waals surface area (Å²) in [5.74, 6) is 1.41. The molecule has 0 bridgehead atoms. The van der Waals surface area contributed by atoms with E-state index in [0.29, 0.717) is 39.0 Å². The molecule has 158 valence electrons. The molecule has 0 aliphatic heterocycles. The van der Waals surface area contributed by atoms with Gasteiger partial charge in [0.05, 0.1) is 20.8 Å². The lowest BCUT2D eigenvalue weighted by molar-refractivity contribution is -0.121. The van der Waals surface area contributed by atoms with Gasteiger partial charge in [-0.25, -0.2) is 0 Å². The van der Waals surface area contributed by atoms with Crippen molar-refractivity contribution in [3.05, 3.63) is 57.5 Å². The number of amides is 1. The van der Waals surface area contributed by atoms with Crippen molar-refractivity contribution in [3.8, 4) is 17.1 Å². The minimum absolute atomic E-state index is 0.0696. The number of rotatable bonds is 9. The number of hydrogen-bond acceptors (Lipinski definition) is 4. The van der Waals surface area contributed by atoms with Crippen LogP contribution in [-0.4, -0.2) is 33.0 Å². The second-order valence-corrected chi connectivity index (χ2v) is 8.81. The molecule has 0 aliphatic carbocycles. The molecular formula is C21H21Cl3N4OS. The van der Waals surface area contributed by atoms with Gasteiger partial charge >= 0.3 is 0 Å². The van der Waals surface area contributed by atoms with Gasteiger partial charge in [0.1, 0.15) is 0 Å². The standard InChI is InChI=1S/C21H21Cl3N4OS/c1-2-11-25-19(29)8-5-12-30-21-27-26-20(15-6-3-4-7-16(15)22)28(21)14-9-10-17(23)18(24)13-14/h3-4,6-7,9-10,13H,2,5,8,11-12H2,1H3,(H,25,29). The highest BCUT2D eigenvalue weighted by atomic mass is 35.5. The Morgan fingerprint density at radius 2 is 1.87 bits per heavy atom. The van der Waals surface area contributed by atoms with Gasteiger partial charge in [0.15, 0.2) is 11.0 Å². The number of thioether (sulfide) groups is 1. The molecule has 1 aromatic heterocycles. The SMILES string of the molecule is CCCNC(=O)CCCSc1nnc(-c2ccccc2Cl)n1-c1ccc(Cl)c(Cl)c1. The number of carbonyl (C=O) groups excluding carboxylic acids is 1. The van der Waals surface area contributed by atoms with Crippen molar-refractivity contribution in [1.82, 2.24) is 20.1 Å². The van der Waals surface area contributed by atoms with Gasteiger partial charge in [-0.2, -0.15) is 0 Å². The lowest BCUT2D eigenvalue weighted by Crippen LogP contribution is -2.23. The molecule has 0 aliphatic rings. The van der Waals surface area contributed by atoms with E-state index in [0.717, 1.165) is 29.8 Å². The zero-order valence-electron chi connectivity index (χ0n) is 16.4. The first-order valence-corrected chi connectivity index (χ1v) is 11.7. The molecule has 1 N–H and O–H groups in total. The Morgan fingerprint density at radius 3 is 2.60 bits per heavy atom. The lowest BCUT2D eigenvalue weighted by Gasteiger charge is -2.12. The molecule has 0 saturated carbocycles. The number of nitrogens with one attached hydrogen (secondary N) is 1. The van der Waals surface area contributed by atoms with Crippen LogP contribution in [0.3, 0.4) is 0 Å². The number of hydrogen-bond donors (Lipinski definition) is 1. The topological polar surface area (TPSA) is 59.8 Å². The molecule has 3 aromatic rings. The third-order valence-electron chi connectivity index (χ3n) is 4.26. The maximum atomic E-state index is 11.8. The second-order valence-electron chi connectivity index (χ2n) is 6.52. The highest BCUT2D eigenvalue weighted by molar-refractivity contribution is 7.99. The van der Waals surface area contributed by atoms with Crippen molar-refractivity contribution >= 4 is 52.5 Å². The van der Waals surface area contributed by atoms with Crippen LogP contribution in [0, 0.1) is 0 Å². The average Bonchev–Trinajstić information content (AvgIpc) is 3.15. The Morgan fingerprint density at radius 1 is 1.07 bits per heavy atom. The summed E-state index contributed by atoms with van der Waals surface area (Å²) in [6.45, 7) is 2.74. The summed E-state index contributed by atoms with van der Waals surface area (Å²) in [4.78, 5) is 11.8. The maximum Gasteiger partial charge on any atom is 0.220 e. The summed E-state index contributed by atoms with van der Waals surface area (Å²) in [7, 11) is 0. The smallest absolute Gasteiger partial charge is 0.220 e. The molecule has 5 nitrogen and oxygen atoms in total.